The average Bonchev–Trinajstić information content (AvgIpc) is 2.99. The highest BCUT2D eigenvalue weighted by molar-refractivity contribution is 6.07. The fourth-order valence-electron chi connectivity index (χ4n) is 2.53. The van der Waals surface area contributed by atoms with Gasteiger partial charge in [-0.2, -0.15) is 18.3 Å². The lowest BCUT2D eigenvalue weighted by molar-refractivity contribution is -0.141. The maximum absolute atomic E-state index is 13.1. The third kappa shape index (κ3) is 3.58. The monoisotopic (exact) mass is 363 g/mol. The van der Waals surface area contributed by atoms with Gasteiger partial charge in [0.25, 0.3) is 5.91 Å². The van der Waals surface area contributed by atoms with Gasteiger partial charge in [0.2, 0.25) is 0 Å². The third-order valence-electron chi connectivity index (χ3n) is 3.67. The van der Waals surface area contributed by atoms with Crippen molar-refractivity contribution in [1.82, 2.24) is 9.78 Å². The standard InChI is InChI=1S/C18H13F4N3O/c1-25-10-14(16(24-25)18(20,21)22)17(26)23-15-5-3-2-4-13(15)11-6-8-12(19)9-7-11/h2-10H,1H3,(H,23,26). The van der Waals surface area contributed by atoms with Crippen molar-refractivity contribution in [3.8, 4) is 11.1 Å². The number of aromatic nitrogens is 2. The summed E-state index contributed by atoms with van der Waals surface area (Å²) in [4.78, 5) is 12.4. The van der Waals surface area contributed by atoms with E-state index in [1.54, 1.807) is 24.3 Å². The molecule has 0 aliphatic carbocycles. The molecule has 0 bridgehead atoms. The van der Waals surface area contributed by atoms with Crippen LogP contribution in [0, 0.1) is 5.82 Å². The second kappa shape index (κ2) is 6.62. The lowest BCUT2D eigenvalue weighted by Crippen LogP contribution is -2.18. The molecule has 1 heterocycles. The molecule has 3 rings (SSSR count). The van der Waals surface area contributed by atoms with Gasteiger partial charge < -0.3 is 5.32 Å². The van der Waals surface area contributed by atoms with Crippen LogP contribution in [-0.2, 0) is 13.2 Å². The minimum Gasteiger partial charge on any atom is -0.321 e. The molecule has 0 saturated carbocycles. The molecule has 0 radical (unpaired) electrons. The molecule has 2 aromatic carbocycles. The van der Waals surface area contributed by atoms with Crippen molar-refractivity contribution >= 4 is 11.6 Å². The Labute approximate surface area is 146 Å². The smallest absolute Gasteiger partial charge is 0.321 e. The maximum atomic E-state index is 13.1. The predicted octanol–water partition coefficient (Wildman–Crippen LogP) is 4.50. The summed E-state index contributed by atoms with van der Waals surface area (Å²) in [6.45, 7) is 0. The van der Waals surface area contributed by atoms with Crippen LogP contribution in [0.15, 0.2) is 54.7 Å². The SMILES string of the molecule is Cn1cc(C(=O)Nc2ccccc2-c2ccc(F)cc2)c(C(F)(F)F)n1. The summed E-state index contributed by atoms with van der Waals surface area (Å²) in [5, 5.41) is 5.80. The van der Waals surface area contributed by atoms with Crippen molar-refractivity contribution in [2.75, 3.05) is 5.32 Å². The Balaban J connectivity index is 1.96. The zero-order chi connectivity index (χ0) is 18.9. The number of nitrogens with zero attached hydrogens (tertiary/aromatic N) is 2. The molecule has 1 amide bonds. The van der Waals surface area contributed by atoms with Crippen molar-refractivity contribution in [2.45, 2.75) is 6.18 Å². The molecule has 1 N–H and O–H groups in total. The minimum absolute atomic E-state index is 0.307. The second-order valence-corrected chi connectivity index (χ2v) is 5.57. The number of rotatable bonds is 3. The third-order valence-corrected chi connectivity index (χ3v) is 3.67. The largest absolute Gasteiger partial charge is 0.435 e. The number of benzene rings is 2. The molecule has 0 unspecified atom stereocenters. The van der Waals surface area contributed by atoms with E-state index < -0.39 is 29.2 Å². The molecule has 3 aromatic rings. The summed E-state index contributed by atoms with van der Waals surface area (Å²) in [5.74, 6) is -1.35. The van der Waals surface area contributed by atoms with Crippen molar-refractivity contribution in [3.63, 3.8) is 0 Å². The first kappa shape index (κ1) is 17.7. The van der Waals surface area contributed by atoms with Gasteiger partial charge in [-0.3, -0.25) is 9.48 Å². The lowest BCUT2D eigenvalue weighted by Gasteiger charge is -2.12. The summed E-state index contributed by atoms with van der Waals surface area (Å²) in [5.41, 5.74) is -0.352. The fraction of sp³-hybridized carbons (Fsp3) is 0.111. The summed E-state index contributed by atoms with van der Waals surface area (Å²) in [6.07, 6.45) is -3.73. The van der Waals surface area contributed by atoms with E-state index in [2.05, 4.69) is 10.4 Å². The molecular formula is C18H13F4N3O. The Morgan fingerprint density at radius 3 is 2.38 bits per heavy atom. The molecule has 26 heavy (non-hydrogen) atoms. The lowest BCUT2D eigenvalue weighted by atomic mass is 10.0. The van der Waals surface area contributed by atoms with Crippen LogP contribution in [0.4, 0.5) is 23.2 Å². The number of carbonyl (C=O) groups is 1. The van der Waals surface area contributed by atoms with Crippen LogP contribution in [-0.4, -0.2) is 15.7 Å². The Hall–Kier alpha value is -3.16. The molecule has 0 saturated heterocycles. The summed E-state index contributed by atoms with van der Waals surface area (Å²) >= 11 is 0. The van der Waals surface area contributed by atoms with Gasteiger partial charge in [0.15, 0.2) is 5.69 Å². The Kier molecular flexibility index (Phi) is 4.50. The zero-order valence-electron chi connectivity index (χ0n) is 13.5. The van der Waals surface area contributed by atoms with E-state index in [0.717, 1.165) is 10.9 Å². The topological polar surface area (TPSA) is 46.9 Å². The maximum Gasteiger partial charge on any atom is 0.435 e. The first-order valence-corrected chi connectivity index (χ1v) is 7.53. The van der Waals surface area contributed by atoms with Gasteiger partial charge in [0.1, 0.15) is 5.82 Å². The summed E-state index contributed by atoms with van der Waals surface area (Å²) < 4.78 is 53.2. The number of aryl methyl sites for hydroxylation is 1. The number of hydrogen-bond donors (Lipinski definition) is 1. The highest BCUT2D eigenvalue weighted by Gasteiger charge is 2.39. The number of para-hydroxylation sites is 1. The van der Waals surface area contributed by atoms with E-state index in [1.807, 2.05) is 0 Å². The highest BCUT2D eigenvalue weighted by Crippen LogP contribution is 2.32. The summed E-state index contributed by atoms with van der Waals surface area (Å²) in [7, 11) is 1.30. The van der Waals surface area contributed by atoms with E-state index in [-0.39, 0.29) is 0 Å². The van der Waals surface area contributed by atoms with Crippen LogP contribution in [0.3, 0.4) is 0 Å². The van der Waals surface area contributed by atoms with Gasteiger partial charge in [0.05, 0.1) is 5.56 Å². The quantitative estimate of drug-likeness (QED) is 0.697. The van der Waals surface area contributed by atoms with Crippen LogP contribution >= 0.6 is 0 Å². The zero-order valence-corrected chi connectivity index (χ0v) is 13.5. The molecule has 0 fully saturated rings. The molecule has 134 valence electrons. The average molecular weight is 363 g/mol. The second-order valence-electron chi connectivity index (χ2n) is 5.57. The number of carbonyl (C=O) groups excluding carboxylic acids is 1. The molecule has 0 aliphatic heterocycles. The minimum atomic E-state index is -4.75. The normalized spacial score (nSPS) is 11.4. The summed E-state index contributed by atoms with van der Waals surface area (Å²) in [6, 6.07) is 12.1. The van der Waals surface area contributed by atoms with E-state index in [9.17, 15) is 22.4 Å². The van der Waals surface area contributed by atoms with E-state index in [0.29, 0.717) is 16.8 Å². The first-order chi connectivity index (χ1) is 12.3. The Bertz CT molecular complexity index is 946. The van der Waals surface area contributed by atoms with Crippen molar-refractivity contribution in [2.24, 2.45) is 7.05 Å². The van der Waals surface area contributed by atoms with Crippen LogP contribution in [0.1, 0.15) is 16.1 Å². The molecule has 1 aromatic heterocycles. The molecule has 0 aliphatic rings. The molecule has 8 heteroatoms. The van der Waals surface area contributed by atoms with Gasteiger partial charge in [-0.25, -0.2) is 4.39 Å². The van der Waals surface area contributed by atoms with Crippen molar-refractivity contribution < 1.29 is 22.4 Å². The molecule has 0 spiro atoms. The van der Waals surface area contributed by atoms with Gasteiger partial charge in [-0.15, -0.1) is 0 Å². The van der Waals surface area contributed by atoms with Crippen molar-refractivity contribution in [3.05, 3.63) is 71.8 Å². The molecular weight excluding hydrogens is 350 g/mol. The van der Waals surface area contributed by atoms with E-state index in [4.69, 9.17) is 0 Å². The number of alkyl halides is 3. The number of amides is 1. The molecule has 4 nitrogen and oxygen atoms in total. The number of nitrogens with one attached hydrogen (secondary N) is 1. The van der Waals surface area contributed by atoms with Gasteiger partial charge in [-0.1, -0.05) is 30.3 Å². The van der Waals surface area contributed by atoms with Gasteiger partial charge in [0, 0.05) is 24.5 Å². The Morgan fingerprint density at radius 1 is 1.08 bits per heavy atom. The van der Waals surface area contributed by atoms with Gasteiger partial charge in [-0.05, 0) is 23.8 Å². The van der Waals surface area contributed by atoms with Crippen LogP contribution in [0.25, 0.3) is 11.1 Å². The first-order valence-electron chi connectivity index (χ1n) is 7.53. The van der Waals surface area contributed by atoms with Crippen molar-refractivity contribution in [1.29, 1.82) is 0 Å². The number of anilines is 1. The highest BCUT2D eigenvalue weighted by atomic mass is 19.4. The number of hydrogen-bond acceptors (Lipinski definition) is 2. The fourth-order valence-corrected chi connectivity index (χ4v) is 2.53. The molecule has 0 atom stereocenters. The van der Waals surface area contributed by atoms with Crippen LogP contribution in [0.2, 0.25) is 0 Å². The Morgan fingerprint density at radius 2 is 1.73 bits per heavy atom. The van der Waals surface area contributed by atoms with Crippen LogP contribution < -0.4 is 5.32 Å². The predicted molar refractivity (Wildman–Crippen MR) is 88.0 cm³/mol. The van der Waals surface area contributed by atoms with E-state index in [1.165, 1.54) is 31.3 Å². The van der Waals surface area contributed by atoms with E-state index >= 15 is 0 Å². The number of halogens is 4. The van der Waals surface area contributed by atoms with Crippen LogP contribution in [0.5, 0.6) is 0 Å². The van der Waals surface area contributed by atoms with Gasteiger partial charge >= 0.3 is 6.18 Å².